The first-order valence-corrected chi connectivity index (χ1v) is 4.93. The maximum absolute atomic E-state index is 13.5. The van der Waals surface area contributed by atoms with Gasteiger partial charge in [0.25, 0.3) is 0 Å². The number of benzene rings is 1. The highest BCUT2D eigenvalue weighted by atomic mass is 19.1. The van der Waals surface area contributed by atoms with Crippen LogP contribution in [0.4, 0.5) is 4.39 Å². The monoisotopic (exact) mass is 195 g/mol. The molecule has 0 amide bonds. The van der Waals surface area contributed by atoms with Crippen LogP contribution in [0.5, 0.6) is 5.75 Å². The van der Waals surface area contributed by atoms with Crippen LogP contribution in [0, 0.1) is 5.82 Å². The quantitative estimate of drug-likeness (QED) is 0.745. The largest absolute Gasteiger partial charge is 0.493 e. The summed E-state index contributed by atoms with van der Waals surface area (Å²) in [5, 5.41) is 0. The van der Waals surface area contributed by atoms with Crippen molar-refractivity contribution in [2.45, 2.75) is 25.8 Å². The van der Waals surface area contributed by atoms with E-state index in [1.165, 1.54) is 6.07 Å². The van der Waals surface area contributed by atoms with E-state index in [9.17, 15) is 4.39 Å². The third kappa shape index (κ3) is 1.38. The van der Waals surface area contributed by atoms with E-state index in [1.807, 2.05) is 6.92 Å². The number of fused-ring (bicyclic) bond motifs is 1. The second kappa shape index (κ2) is 3.58. The number of ether oxygens (including phenoxy) is 1. The van der Waals surface area contributed by atoms with Crippen molar-refractivity contribution in [1.82, 2.24) is 0 Å². The Balaban J connectivity index is 2.57. The van der Waals surface area contributed by atoms with Gasteiger partial charge in [0.15, 0.2) is 0 Å². The average molecular weight is 195 g/mol. The van der Waals surface area contributed by atoms with Crippen molar-refractivity contribution in [3.05, 3.63) is 29.1 Å². The Kier molecular flexibility index (Phi) is 2.42. The molecule has 0 aromatic heterocycles. The van der Waals surface area contributed by atoms with Gasteiger partial charge in [-0.2, -0.15) is 0 Å². The number of halogens is 1. The minimum atomic E-state index is -0.246. The molecule has 0 saturated heterocycles. The summed E-state index contributed by atoms with van der Waals surface area (Å²) >= 11 is 0. The third-order valence-electron chi connectivity index (χ3n) is 2.65. The van der Waals surface area contributed by atoms with Crippen LogP contribution < -0.4 is 10.5 Å². The van der Waals surface area contributed by atoms with Crippen molar-refractivity contribution in [2.75, 3.05) is 6.61 Å². The summed E-state index contributed by atoms with van der Waals surface area (Å²) in [5.74, 6) is 0.427. The van der Waals surface area contributed by atoms with Gasteiger partial charge in [0.2, 0.25) is 0 Å². The molecule has 1 heterocycles. The number of rotatable bonds is 1. The molecule has 2 N–H and O–H groups in total. The van der Waals surface area contributed by atoms with E-state index >= 15 is 0 Å². The molecule has 1 aliphatic rings. The lowest BCUT2D eigenvalue weighted by Crippen LogP contribution is -2.22. The summed E-state index contributed by atoms with van der Waals surface area (Å²) in [6.07, 6.45) is 1.53. The van der Waals surface area contributed by atoms with Crippen molar-refractivity contribution >= 4 is 0 Å². The Hall–Kier alpha value is -1.09. The van der Waals surface area contributed by atoms with Crippen LogP contribution in [0.15, 0.2) is 12.1 Å². The van der Waals surface area contributed by atoms with E-state index in [0.29, 0.717) is 24.3 Å². The first kappa shape index (κ1) is 9.46. The normalized spacial score (nSPS) is 20.1. The number of hydrogen-bond acceptors (Lipinski definition) is 2. The molecule has 0 spiro atoms. The Morgan fingerprint density at radius 2 is 2.36 bits per heavy atom. The summed E-state index contributed by atoms with van der Waals surface area (Å²) in [5.41, 5.74) is 7.44. The number of hydrogen-bond donors (Lipinski definition) is 1. The zero-order valence-electron chi connectivity index (χ0n) is 8.22. The molecule has 2 nitrogen and oxygen atoms in total. The van der Waals surface area contributed by atoms with Crippen molar-refractivity contribution < 1.29 is 9.13 Å². The second-order valence-electron chi connectivity index (χ2n) is 3.55. The fraction of sp³-hybridized carbons (Fsp3) is 0.455. The minimum Gasteiger partial charge on any atom is -0.493 e. The molecule has 0 unspecified atom stereocenters. The number of aryl methyl sites for hydroxylation is 1. The van der Waals surface area contributed by atoms with Crippen molar-refractivity contribution in [1.29, 1.82) is 0 Å². The molecule has 0 radical (unpaired) electrons. The highest BCUT2D eigenvalue weighted by Crippen LogP contribution is 2.35. The molecule has 0 bridgehead atoms. The fourth-order valence-electron chi connectivity index (χ4n) is 1.85. The molecular weight excluding hydrogens is 181 g/mol. The Morgan fingerprint density at radius 1 is 1.57 bits per heavy atom. The third-order valence-corrected chi connectivity index (χ3v) is 2.65. The van der Waals surface area contributed by atoms with Gasteiger partial charge in [-0.15, -0.1) is 0 Å². The molecule has 1 aromatic carbocycles. The van der Waals surface area contributed by atoms with Crippen LogP contribution in [-0.2, 0) is 6.42 Å². The van der Waals surface area contributed by atoms with Gasteiger partial charge in [-0.3, -0.25) is 0 Å². The second-order valence-corrected chi connectivity index (χ2v) is 3.55. The summed E-state index contributed by atoms with van der Waals surface area (Å²) in [7, 11) is 0. The zero-order valence-corrected chi connectivity index (χ0v) is 8.22. The average Bonchev–Trinajstić information content (AvgIpc) is 2.18. The maximum atomic E-state index is 13.5. The van der Waals surface area contributed by atoms with E-state index in [4.69, 9.17) is 10.5 Å². The summed E-state index contributed by atoms with van der Waals surface area (Å²) in [4.78, 5) is 0. The van der Waals surface area contributed by atoms with Gasteiger partial charge in [-0.25, -0.2) is 4.39 Å². The van der Waals surface area contributed by atoms with Crippen molar-refractivity contribution in [2.24, 2.45) is 5.73 Å². The molecule has 0 fully saturated rings. The van der Waals surface area contributed by atoms with Gasteiger partial charge >= 0.3 is 0 Å². The van der Waals surface area contributed by atoms with Crippen LogP contribution >= 0.6 is 0 Å². The van der Waals surface area contributed by atoms with Crippen LogP contribution in [0.25, 0.3) is 0 Å². The van der Waals surface area contributed by atoms with E-state index in [1.54, 1.807) is 6.07 Å². The van der Waals surface area contributed by atoms with Gasteiger partial charge in [0, 0.05) is 18.0 Å². The zero-order chi connectivity index (χ0) is 10.1. The first-order chi connectivity index (χ1) is 6.74. The fourth-order valence-corrected chi connectivity index (χ4v) is 1.85. The van der Waals surface area contributed by atoms with E-state index < -0.39 is 0 Å². The molecule has 0 saturated carbocycles. The molecule has 3 heteroatoms. The lowest BCUT2D eigenvalue weighted by Gasteiger charge is -2.25. The van der Waals surface area contributed by atoms with Crippen LogP contribution in [0.2, 0.25) is 0 Å². The molecule has 14 heavy (non-hydrogen) atoms. The first-order valence-electron chi connectivity index (χ1n) is 4.93. The van der Waals surface area contributed by atoms with Crippen LogP contribution in [0.1, 0.15) is 30.5 Å². The molecule has 2 rings (SSSR count). The molecule has 1 aliphatic heterocycles. The Labute approximate surface area is 82.9 Å². The van der Waals surface area contributed by atoms with Crippen molar-refractivity contribution in [3.63, 3.8) is 0 Å². The van der Waals surface area contributed by atoms with Gasteiger partial charge in [-0.1, -0.05) is 13.0 Å². The topological polar surface area (TPSA) is 35.2 Å². The Bertz CT molecular complexity index is 351. The van der Waals surface area contributed by atoms with E-state index in [-0.39, 0.29) is 11.9 Å². The number of nitrogens with two attached hydrogens (primary N) is 1. The molecule has 1 atom stereocenters. The van der Waals surface area contributed by atoms with Gasteiger partial charge in [-0.05, 0) is 18.1 Å². The van der Waals surface area contributed by atoms with Crippen LogP contribution in [0.3, 0.4) is 0 Å². The SMILES string of the molecule is CCc1ccc(F)c2c1OCC[C@@H]2N. The van der Waals surface area contributed by atoms with Gasteiger partial charge in [0.1, 0.15) is 11.6 Å². The minimum absolute atomic E-state index is 0.217. The molecule has 0 aliphatic carbocycles. The molecule has 76 valence electrons. The van der Waals surface area contributed by atoms with Gasteiger partial charge < -0.3 is 10.5 Å². The van der Waals surface area contributed by atoms with Gasteiger partial charge in [0.05, 0.1) is 6.61 Å². The summed E-state index contributed by atoms with van der Waals surface area (Å²) in [6.45, 7) is 2.61. The van der Waals surface area contributed by atoms with E-state index in [2.05, 4.69) is 0 Å². The lowest BCUT2D eigenvalue weighted by molar-refractivity contribution is 0.261. The Morgan fingerprint density at radius 3 is 3.07 bits per heavy atom. The highest BCUT2D eigenvalue weighted by Gasteiger charge is 2.23. The summed E-state index contributed by atoms with van der Waals surface area (Å²) in [6, 6.07) is 3.03. The van der Waals surface area contributed by atoms with Crippen molar-refractivity contribution in [3.8, 4) is 5.75 Å². The molecular formula is C11H14FNO. The predicted octanol–water partition coefficient (Wildman–Crippen LogP) is 2.17. The summed E-state index contributed by atoms with van der Waals surface area (Å²) < 4.78 is 19.0. The highest BCUT2D eigenvalue weighted by molar-refractivity contribution is 5.45. The lowest BCUT2D eigenvalue weighted by atomic mass is 9.97. The molecule has 1 aromatic rings. The smallest absolute Gasteiger partial charge is 0.131 e. The van der Waals surface area contributed by atoms with Crippen LogP contribution in [-0.4, -0.2) is 6.61 Å². The van der Waals surface area contributed by atoms with E-state index in [0.717, 1.165) is 12.0 Å². The maximum Gasteiger partial charge on any atom is 0.131 e. The standard InChI is InChI=1S/C11H14FNO/c1-2-7-3-4-8(12)10-9(13)5-6-14-11(7)10/h3-4,9H,2,5-6,13H2,1H3/t9-/m0/s1. The predicted molar refractivity (Wildman–Crippen MR) is 52.8 cm³/mol.